The third-order valence-electron chi connectivity index (χ3n) is 5.27. The highest BCUT2D eigenvalue weighted by Crippen LogP contribution is 2.33. The van der Waals surface area contributed by atoms with Crippen molar-refractivity contribution in [2.45, 2.75) is 51.7 Å². The van der Waals surface area contributed by atoms with Crippen LogP contribution in [0.5, 0.6) is 0 Å². The first-order valence-corrected chi connectivity index (χ1v) is 10.5. The average molecular weight is 387 g/mol. The summed E-state index contributed by atoms with van der Waals surface area (Å²) in [5.74, 6) is 1.89. The molecule has 1 N–H and O–H groups in total. The number of carbonyl (C=O) groups excluding carboxylic acids is 1. The molecule has 1 saturated heterocycles. The van der Waals surface area contributed by atoms with Gasteiger partial charge in [-0.25, -0.2) is 9.97 Å². The molecule has 0 bridgehead atoms. The number of piperidine rings is 1. The number of aromatic nitrogens is 2. The van der Waals surface area contributed by atoms with E-state index in [1.165, 1.54) is 10.4 Å². The number of carbonyl (C=O) groups is 1. The summed E-state index contributed by atoms with van der Waals surface area (Å²) >= 11 is 1.70. The van der Waals surface area contributed by atoms with Gasteiger partial charge in [0.05, 0.1) is 13.0 Å². The lowest BCUT2D eigenvalue weighted by Crippen LogP contribution is -2.45. The maximum absolute atomic E-state index is 12.5. The Labute approximate surface area is 164 Å². The third kappa shape index (κ3) is 4.30. The molecule has 1 fully saturated rings. The Morgan fingerprint density at radius 1 is 1.33 bits per heavy atom. The minimum absolute atomic E-state index is 0.0826. The molecule has 4 rings (SSSR count). The van der Waals surface area contributed by atoms with Gasteiger partial charge in [0.1, 0.15) is 17.7 Å². The number of hydrogen-bond acceptors (Lipinski definition) is 6. The molecule has 27 heavy (non-hydrogen) atoms. The Balaban J connectivity index is 1.29. The van der Waals surface area contributed by atoms with Crippen molar-refractivity contribution >= 4 is 23.1 Å². The predicted octanol–water partition coefficient (Wildman–Crippen LogP) is 2.94. The van der Waals surface area contributed by atoms with E-state index < -0.39 is 0 Å². The van der Waals surface area contributed by atoms with Crippen LogP contribution >= 0.6 is 11.3 Å². The van der Waals surface area contributed by atoms with Gasteiger partial charge in [0.15, 0.2) is 0 Å². The van der Waals surface area contributed by atoms with Crippen molar-refractivity contribution in [3.8, 4) is 0 Å². The van der Waals surface area contributed by atoms with Crippen LogP contribution in [0.3, 0.4) is 0 Å². The van der Waals surface area contributed by atoms with Crippen molar-refractivity contribution in [2.24, 2.45) is 0 Å². The van der Waals surface area contributed by atoms with E-state index >= 15 is 0 Å². The number of fused-ring (bicyclic) bond motifs is 1. The molecule has 0 saturated carbocycles. The Morgan fingerprint density at radius 2 is 2.15 bits per heavy atom. The molecule has 1 amide bonds. The molecule has 7 heteroatoms. The molecule has 0 radical (unpaired) electrons. The molecular weight excluding hydrogens is 360 g/mol. The first-order chi connectivity index (χ1) is 13.1. The fraction of sp³-hybridized carbons (Fsp3) is 0.550. The summed E-state index contributed by atoms with van der Waals surface area (Å²) in [5.41, 5.74) is 2.33. The molecule has 0 aliphatic carbocycles. The van der Waals surface area contributed by atoms with Crippen LogP contribution in [0, 0.1) is 13.8 Å². The highest BCUT2D eigenvalue weighted by atomic mass is 32.1. The van der Waals surface area contributed by atoms with Crippen LogP contribution in [0.1, 0.15) is 47.3 Å². The zero-order chi connectivity index (χ0) is 18.8. The van der Waals surface area contributed by atoms with Gasteiger partial charge in [0.2, 0.25) is 5.91 Å². The van der Waals surface area contributed by atoms with Crippen LogP contribution in [0.15, 0.2) is 17.5 Å². The molecule has 0 unspecified atom stereocenters. The largest absolute Gasteiger partial charge is 0.372 e. The van der Waals surface area contributed by atoms with Crippen molar-refractivity contribution in [3.05, 3.63) is 39.5 Å². The normalized spacial score (nSPS) is 20.4. The fourth-order valence-electron chi connectivity index (χ4n) is 3.94. The Hall–Kier alpha value is -1.99. The van der Waals surface area contributed by atoms with E-state index in [-0.39, 0.29) is 18.1 Å². The summed E-state index contributed by atoms with van der Waals surface area (Å²) in [6, 6.07) is 4.41. The van der Waals surface area contributed by atoms with E-state index in [1.54, 1.807) is 11.3 Å². The minimum Gasteiger partial charge on any atom is -0.372 e. The van der Waals surface area contributed by atoms with Gasteiger partial charge in [0, 0.05) is 35.8 Å². The Bertz CT molecular complexity index is 794. The molecule has 4 heterocycles. The number of thiophene rings is 1. The van der Waals surface area contributed by atoms with Crippen LogP contribution < -0.4 is 10.2 Å². The SMILES string of the molecule is Cc1cc(N2CCC(NC(=O)C[C@@H]3OCCc4ccsc43)CC2)nc(C)n1. The predicted molar refractivity (Wildman–Crippen MR) is 106 cm³/mol. The molecule has 2 aromatic rings. The van der Waals surface area contributed by atoms with Gasteiger partial charge in [-0.05, 0) is 50.1 Å². The van der Waals surface area contributed by atoms with E-state index in [0.29, 0.717) is 13.0 Å². The van der Waals surface area contributed by atoms with E-state index in [9.17, 15) is 4.79 Å². The second-order valence-corrected chi connectivity index (χ2v) is 8.31. The molecule has 0 aromatic carbocycles. The number of nitrogens with one attached hydrogen (secondary N) is 1. The Morgan fingerprint density at radius 3 is 2.93 bits per heavy atom. The first-order valence-electron chi connectivity index (χ1n) is 9.63. The number of anilines is 1. The summed E-state index contributed by atoms with van der Waals surface area (Å²) in [6.07, 6.45) is 3.16. The van der Waals surface area contributed by atoms with Gasteiger partial charge in [-0.15, -0.1) is 11.3 Å². The number of hydrogen-bond donors (Lipinski definition) is 1. The average Bonchev–Trinajstić information content (AvgIpc) is 3.11. The first kappa shape index (κ1) is 18.4. The number of rotatable bonds is 4. The maximum Gasteiger partial charge on any atom is 0.223 e. The van der Waals surface area contributed by atoms with Crippen LogP contribution in [0.2, 0.25) is 0 Å². The fourth-order valence-corrected chi connectivity index (χ4v) is 4.95. The number of nitrogens with zero attached hydrogens (tertiary/aromatic N) is 3. The molecule has 144 valence electrons. The molecule has 2 aliphatic heterocycles. The second kappa shape index (κ2) is 7.94. The summed E-state index contributed by atoms with van der Waals surface area (Å²) in [4.78, 5) is 24.9. The molecular formula is C20H26N4O2S. The van der Waals surface area contributed by atoms with Crippen molar-refractivity contribution in [2.75, 3.05) is 24.6 Å². The van der Waals surface area contributed by atoms with Crippen LogP contribution in [-0.2, 0) is 16.0 Å². The topological polar surface area (TPSA) is 67.4 Å². The third-order valence-corrected chi connectivity index (χ3v) is 6.32. The zero-order valence-electron chi connectivity index (χ0n) is 15.9. The van der Waals surface area contributed by atoms with E-state index in [0.717, 1.165) is 49.7 Å². The lowest BCUT2D eigenvalue weighted by Gasteiger charge is -2.33. The number of ether oxygens (including phenoxy) is 1. The van der Waals surface area contributed by atoms with E-state index in [2.05, 4.69) is 31.6 Å². The molecule has 1 atom stereocenters. The maximum atomic E-state index is 12.5. The lowest BCUT2D eigenvalue weighted by molar-refractivity contribution is -0.125. The monoisotopic (exact) mass is 386 g/mol. The summed E-state index contributed by atoms with van der Waals surface area (Å²) < 4.78 is 5.85. The standard InChI is InChI=1S/C20H26N4O2S/c1-13-11-18(22-14(2)21-13)24-7-3-16(4-8-24)23-19(25)12-17-20-15(5-9-26-17)6-10-27-20/h6,10-11,16-17H,3-5,7-9,12H2,1-2H3,(H,23,25)/t17-/m0/s1. The van der Waals surface area contributed by atoms with Gasteiger partial charge < -0.3 is 15.0 Å². The summed E-state index contributed by atoms with van der Waals surface area (Å²) in [5, 5.41) is 5.30. The number of amides is 1. The van der Waals surface area contributed by atoms with Crippen LogP contribution in [-0.4, -0.2) is 41.6 Å². The number of aryl methyl sites for hydroxylation is 2. The van der Waals surface area contributed by atoms with Crippen molar-refractivity contribution in [1.29, 1.82) is 0 Å². The van der Waals surface area contributed by atoms with Crippen molar-refractivity contribution < 1.29 is 9.53 Å². The Kier molecular flexibility index (Phi) is 5.41. The second-order valence-electron chi connectivity index (χ2n) is 7.37. The van der Waals surface area contributed by atoms with Gasteiger partial charge in [0.25, 0.3) is 0 Å². The van der Waals surface area contributed by atoms with Gasteiger partial charge in [-0.1, -0.05) is 0 Å². The van der Waals surface area contributed by atoms with Crippen LogP contribution in [0.4, 0.5) is 5.82 Å². The molecule has 2 aromatic heterocycles. The van der Waals surface area contributed by atoms with Crippen molar-refractivity contribution in [3.63, 3.8) is 0 Å². The smallest absolute Gasteiger partial charge is 0.223 e. The van der Waals surface area contributed by atoms with Gasteiger partial charge in [-0.2, -0.15) is 0 Å². The minimum atomic E-state index is -0.0826. The summed E-state index contributed by atoms with van der Waals surface area (Å²) in [7, 11) is 0. The van der Waals surface area contributed by atoms with E-state index in [4.69, 9.17) is 4.74 Å². The van der Waals surface area contributed by atoms with Gasteiger partial charge in [-0.3, -0.25) is 4.79 Å². The quantitative estimate of drug-likeness (QED) is 0.875. The molecule has 2 aliphatic rings. The summed E-state index contributed by atoms with van der Waals surface area (Å²) in [6.45, 7) is 6.43. The van der Waals surface area contributed by atoms with Crippen LogP contribution in [0.25, 0.3) is 0 Å². The highest BCUT2D eigenvalue weighted by Gasteiger charge is 2.27. The van der Waals surface area contributed by atoms with E-state index in [1.807, 2.05) is 19.9 Å². The lowest BCUT2D eigenvalue weighted by atomic mass is 10.0. The molecule has 6 nitrogen and oxygen atoms in total. The molecule has 0 spiro atoms. The zero-order valence-corrected chi connectivity index (χ0v) is 16.7. The highest BCUT2D eigenvalue weighted by molar-refractivity contribution is 7.10. The van der Waals surface area contributed by atoms with Crippen molar-refractivity contribution in [1.82, 2.24) is 15.3 Å². The van der Waals surface area contributed by atoms with Gasteiger partial charge >= 0.3 is 0 Å².